The summed E-state index contributed by atoms with van der Waals surface area (Å²) in [5.74, 6) is 0.230. The fourth-order valence-electron chi connectivity index (χ4n) is 3.07. The predicted octanol–water partition coefficient (Wildman–Crippen LogP) is 5.77. The zero-order chi connectivity index (χ0) is 21.1. The van der Waals surface area contributed by atoms with Crippen LogP contribution in [0.3, 0.4) is 0 Å². The van der Waals surface area contributed by atoms with Crippen molar-refractivity contribution in [3.05, 3.63) is 77.3 Å². The van der Waals surface area contributed by atoms with E-state index in [2.05, 4.69) is 10.6 Å². The van der Waals surface area contributed by atoms with E-state index in [4.69, 9.17) is 33.0 Å². The molecule has 0 aliphatic heterocycles. The molecule has 0 saturated carbocycles. The summed E-state index contributed by atoms with van der Waals surface area (Å²) in [7, 11) is 1.57. The number of carbonyl (C=O) groups is 1. The van der Waals surface area contributed by atoms with Gasteiger partial charge in [-0.2, -0.15) is 0 Å². The first-order valence-corrected chi connectivity index (χ1v) is 9.87. The second-order valence-corrected chi connectivity index (χ2v) is 7.32. The summed E-state index contributed by atoms with van der Waals surface area (Å²) < 4.78 is 11.4. The number of nitrogens with one attached hydrogen (secondary N) is 2. The molecular formula is C23H17ClN2O3S. The van der Waals surface area contributed by atoms with Gasteiger partial charge in [0, 0.05) is 27.9 Å². The molecule has 4 aromatic rings. The first kappa shape index (κ1) is 19.9. The zero-order valence-electron chi connectivity index (χ0n) is 15.9. The third-order valence-corrected chi connectivity index (χ3v) is 4.94. The van der Waals surface area contributed by atoms with Gasteiger partial charge in [0.05, 0.1) is 12.8 Å². The summed E-state index contributed by atoms with van der Waals surface area (Å²) in [5.41, 5.74) is 2.92. The number of para-hydroxylation sites is 1. The Morgan fingerprint density at radius 1 is 1.07 bits per heavy atom. The summed E-state index contributed by atoms with van der Waals surface area (Å²) >= 11 is 11.1. The number of furan rings is 1. The molecule has 0 unspecified atom stereocenters. The van der Waals surface area contributed by atoms with Crippen molar-refractivity contribution in [2.75, 3.05) is 12.4 Å². The summed E-state index contributed by atoms with van der Waals surface area (Å²) in [4.78, 5) is 12.2. The van der Waals surface area contributed by atoms with Gasteiger partial charge in [0.25, 0.3) is 0 Å². The van der Waals surface area contributed by atoms with E-state index < -0.39 is 0 Å². The van der Waals surface area contributed by atoms with Crippen LogP contribution in [0.5, 0.6) is 5.75 Å². The van der Waals surface area contributed by atoms with E-state index in [1.807, 2.05) is 42.5 Å². The highest BCUT2D eigenvalue weighted by Crippen LogP contribution is 2.36. The fraction of sp³-hybridized carbons (Fsp3) is 0.0435. The highest BCUT2D eigenvalue weighted by Gasteiger charge is 2.13. The number of thiocarbonyl (C=S) groups is 1. The number of carbonyl (C=O) groups excluding carboxylic acids is 1. The Morgan fingerprint density at radius 2 is 1.83 bits per heavy atom. The van der Waals surface area contributed by atoms with E-state index in [0.717, 1.165) is 21.9 Å². The Kier molecular flexibility index (Phi) is 5.70. The first-order valence-electron chi connectivity index (χ1n) is 9.08. The third-order valence-electron chi connectivity index (χ3n) is 4.48. The van der Waals surface area contributed by atoms with Gasteiger partial charge in [0.1, 0.15) is 16.9 Å². The van der Waals surface area contributed by atoms with Crippen molar-refractivity contribution in [2.24, 2.45) is 0 Å². The van der Waals surface area contributed by atoms with E-state index in [-0.39, 0.29) is 11.0 Å². The van der Waals surface area contributed by atoms with Crippen molar-refractivity contribution >= 4 is 68.5 Å². The quantitative estimate of drug-likeness (QED) is 0.314. The Labute approximate surface area is 183 Å². The molecule has 30 heavy (non-hydrogen) atoms. The van der Waals surface area contributed by atoms with Crippen LogP contribution in [0.25, 0.3) is 28.0 Å². The molecule has 1 aromatic heterocycles. The molecule has 1 amide bonds. The lowest BCUT2D eigenvalue weighted by atomic mass is 10.1. The average molecular weight is 437 g/mol. The summed E-state index contributed by atoms with van der Waals surface area (Å²) in [6.07, 6.45) is 3.08. The lowest BCUT2D eigenvalue weighted by molar-refractivity contribution is -0.115. The minimum atomic E-state index is -0.355. The van der Waals surface area contributed by atoms with Gasteiger partial charge in [-0.3, -0.25) is 10.1 Å². The number of hydrogen-bond donors (Lipinski definition) is 2. The van der Waals surface area contributed by atoms with Crippen molar-refractivity contribution in [2.45, 2.75) is 0 Å². The number of benzene rings is 3. The number of hydrogen-bond acceptors (Lipinski definition) is 4. The van der Waals surface area contributed by atoms with E-state index in [1.165, 1.54) is 6.08 Å². The van der Waals surface area contributed by atoms with Crippen molar-refractivity contribution < 1.29 is 13.9 Å². The molecule has 0 fully saturated rings. The minimum absolute atomic E-state index is 0.148. The Bertz CT molecular complexity index is 1280. The maximum absolute atomic E-state index is 12.2. The zero-order valence-corrected chi connectivity index (χ0v) is 17.5. The van der Waals surface area contributed by atoms with E-state index in [0.29, 0.717) is 22.0 Å². The molecule has 0 bridgehead atoms. The molecule has 1 heterocycles. The van der Waals surface area contributed by atoms with Crippen LogP contribution in [-0.2, 0) is 4.79 Å². The number of methoxy groups -OCH3 is 1. The first-order chi connectivity index (χ1) is 14.5. The highest BCUT2D eigenvalue weighted by atomic mass is 35.5. The minimum Gasteiger partial charge on any atom is -0.495 e. The van der Waals surface area contributed by atoms with E-state index >= 15 is 0 Å². The number of anilines is 1. The van der Waals surface area contributed by atoms with Crippen LogP contribution in [-0.4, -0.2) is 18.1 Å². The number of amides is 1. The Morgan fingerprint density at radius 3 is 2.60 bits per heavy atom. The molecule has 0 saturated heterocycles. The van der Waals surface area contributed by atoms with Crippen LogP contribution in [0.1, 0.15) is 5.56 Å². The highest BCUT2D eigenvalue weighted by molar-refractivity contribution is 7.80. The average Bonchev–Trinajstić information content (AvgIpc) is 3.10. The van der Waals surface area contributed by atoms with Crippen molar-refractivity contribution in [1.29, 1.82) is 0 Å². The smallest absolute Gasteiger partial charge is 0.250 e. The van der Waals surface area contributed by atoms with Crippen molar-refractivity contribution in [3.8, 4) is 5.75 Å². The summed E-state index contributed by atoms with van der Waals surface area (Å²) in [5, 5.41) is 8.34. The van der Waals surface area contributed by atoms with Gasteiger partial charge in [-0.05, 0) is 48.1 Å². The molecular weight excluding hydrogens is 420 g/mol. The maximum atomic E-state index is 12.2. The molecule has 0 spiro atoms. The number of ether oxygens (including phenoxy) is 1. The van der Waals surface area contributed by atoms with E-state index in [1.54, 1.807) is 31.4 Å². The molecule has 4 rings (SSSR count). The number of halogens is 1. The number of fused-ring (bicyclic) bond motifs is 3. The van der Waals surface area contributed by atoms with Crippen molar-refractivity contribution in [1.82, 2.24) is 5.32 Å². The second-order valence-electron chi connectivity index (χ2n) is 6.48. The van der Waals surface area contributed by atoms with Crippen LogP contribution in [0.2, 0.25) is 5.02 Å². The monoisotopic (exact) mass is 436 g/mol. The van der Waals surface area contributed by atoms with Gasteiger partial charge >= 0.3 is 0 Å². The van der Waals surface area contributed by atoms with Crippen LogP contribution < -0.4 is 15.4 Å². The van der Waals surface area contributed by atoms with Gasteiger partial charge in [0.15, 0.2) is 5.11 Å². The Balaban J connectivity index is 1.50. The number of rotatable bonds is 4. The van der Waals surface area contributed by atoms with Gasteiger partial charge in [-0.1, -0.05) is 41.9 Å². The van der Waals surface area contributed by atoms with E-state index in [9.17, 15) is 4.79 Å². The molecule has 0 radical (unpaired) electrons. The van der Waals surface area contributed by atoms with Gasteiger partial charge in [-0.15, -0.1) is 0 Å². The lowest BCUT2D eigenvalue weighted by Crippen LogP contribution is -2.32. The van der Waals surface area contributed by atoms with Gasteiger partial charge in [0.2, 0.25) is 5.91 Å². The SMILES string of the molecule is COc1cc2c(cc1NC(=S)NC(=O)C=Cc1ccc(Cl)cc1)oc1ccccc12. The van der Waals surface area contributed by atoms with Crippen LogP contribution in [0.4, 0.5) is 5.69 Å². The Hall–Kier alpha value is -3.35. The molecule has 0 aliphatic carbocycles. The van der Waals surface area contributed by atoms with Gasteiger partial charge in [-0.25, -0.2) is 0 Å². The molecule has 2 N–H and O–H groups in total. The maximum Gasteiger partial charge on any atom is 0.250 e. The largest absolute Gasteiger partial charge is 0.495 e. The topological polar surface area (TPSA) is 63.5 Å². The standard InChI is InChI=1S/C23H17ClN2O3S/c1-28-21-12-17-16-4-2-3-5-19(16)29-20(17)13-18(21)25-23(30)26-22(27)11-8-14-6-9-15(24)10-7-14/h2-13H,1H3,(H2,25,26,27,30). The van der Waals surface area contributed by atoms with Crippen LogP contribution in [0, 0.1) is 0 Å². The molecule has 5 nitrogen and oxygen atoms in total. The van der Waals surface area contributed by atoms with Gasteiger partial charge < -0.3 is 14.5 Å². The van der Waals surface area contributed by atoms with Crippen molar-refractivity contribution in [3.63, 3.8) is 0 Å². The molecule has 7 heteroatoms. The normalized spacial score (nSPS) is 11.1. The van der Waals surface area contributed by atoms with Crippen LogP contribution in [0.15, 0.2) is 71.2 Å². The summed E-state index contributed by atoms with van der Waals surface area (Å²) in [6, 6.07) is 18.6. The molecule has 0 aliphatic rings. The second kappa shape index (κ2) is 8.57. The predicted molar refractivity (Wildman–Crippen MR) is 125 cm³/mol. The summed E-state index contributed by atoms with van der Waals surface area (Å²) in [6.45, 7) is 0. The molecule has 3 aromatic carbocycles. The van der Waals surface area contributed by atoms with Crippen LogP contribution >= 0.6 is 23.8 Å². The lowest BCUT2D eigenvalue weighted by Gasteiger charge is -2.12. The molecule has 150 valence electrons. The fourth-order valence-corrected chi connectivity index (χ4v) is 3.41. The third kappa shape index (κ3) is 4.30. The molecule has 0 atom stereocenters.